The third kappa shape index (κ3) is 7.07. The second-order valence-corrected chi connectivity index (χ2v) is 8.11. The lowest BCUT2D eigenvalue weighted by atomic mass is 10.1. The van der Waals surface area contributed by atoms with Gasteiger partial charge in [0.05, 0.1) is 32.8 Å². The summed E-state index contributed by atoms with van der Waals surface area (Å²) in [6, 6.07) is 13.6. The third-order valence-electron chi connectivity index (χ3n) is 5.18. The van der Waals surface area contributed by atoms with Gasteiger partial charge in [-0.25, -0.2) is 23.6 Å². The summed E-state index contributed by atoms with van der Waals surface area (Å²) in [5.41, 5.74) is 1.67. The number of nitrogens with one attached hydrogen (secondary N) is 1. The third-order valence-corrected chi connectivity index (χ3v) is 5.18. The van der Waals surface area contributed by atoms with Crippen LogP contribution in [0.15, 0.2) is 46.9 Å². The van der Waals surface area contributed by atoms with Crippen LogP contribution in [0.5, 0.6) is 17.2 Å². The van der Waals surface area contributed by atoms with E-state index in [1.54, 1.807) is 21.3 Å². The van der Waals surface area contributed by atoms with Crippen LogP contribution in [-0.2, 0) is 4.74 Å². The van der Waals surface area contributed by atoms with Crippen molar-refractivity contribution >= 4 is 11.0 Å². The summed E-state index contributed by atoms with van der Waals surface area (Å²) < 4.78 is 62.1. The monoisotopic (exact) mass is 495 g/mol. The van der Waals surface area contributed by atoms with Crippen LogP contribution in [0.2, 0.25) is 0 Å². The average Bonchev–Trinajstić information content (AvgIpc) is 3.34. The standard InChI is InChI=1S/C23H25NO5.ClHO4/c1-25-16-7-9-20-18(12-16)19(24-14-17-5-4-10-28-17)13-22(29-20)15-6-8-21(26-2)23(11-15)27-3;2-1(3,4)5/h6-9,11-13,17H,4-5,10,14H2,1-3H3;(H,2,3,4,5). The fourth-order valence-electron chi connectivity index (χ4n) is 3.60. The van der Waals surface area contributed by atoms with Gasteiger partial charge in [0.15, 0.2) is 18.0 Å². The Kier molecular flexibility index (Phi) is 8.72. The number of methoxy groups -OCH3 is 3. The van der Waals surface area contributed by atoms with E-state index in [1.807, 2.05) is 42.5 Å². The lowest BCUT2D eigenvalue weighted by Gasteiger charge is -2.17. The van der Waals surface area contributed by atoms with Crippen LogP contribution < -0.4 is 43.2 Å². The number of ether oxygens (including phenoxy) is 4. The molecule has 11 heteroatoms. The lowest BCUT2D eigenvalue weighted by Crippen LogP contribution is -2.79. The van der Waals surface area contributed by atoms with Gasteiger partial charge >= 0.3 is 0 Å². The van der Waals surface area contributed by atoms with Crippen molar-refractivity contribution in [2.75, 3.05) is 34.5 Å². The van der Waals surface area contributed by atoms with E-state index in [9.17, 15) is 0 Å². The molecule has 1 N–H and O–H groups in total. The summed E-state index contributed by atoms with van der Waals surface area (Å²) in [7, 11) is -0.0335. The Morgan fingerprint density at radius 3 is 2.29 bits per heavy atom. The predicted octanol–water partition coefficient (Wildman–Crippen LogP) is -2.47. The molecule has 1 aromatic heterocycles. The van der Waals surface area contributed by atoms with Crippen LogP contribution in [0.4, 0.5) is 0 Å². The fraction of sp³-hybridized carbons (Fsp3) is 0.348. The molecule has 0 spiro atoms. The van der Waals surface area contributed by atoms with Gasteiger partial charge in [-0.05, 0) is 49.2 Å². The zero-order chi connectivity index (χ0) is 24.7. The minimum absolute atomic E-state index is 0.234. The summed E-state index contributed by atoms with van der Waals surface area (Å²) in [5.74, 6) is 2.85. The molecule has 0 saturated carbocycles. The number of halogens is 1. The smallest absolute Gasteiger partial charge is 0.213 e. The molecule has 0 bridgehead atoms. The SMILES string of the molecule is COc1ccc2oc(-c3ccc(OC)c(OC)c3)cc(=[NH+]CC3CCCO3)c2c1.[O-][Cl+3]([O-])([O-])[O-]. The number of benzene rings is 2. The molecular formula is C23H26ClNO9. The quantitative estimate of drug-likeness (QED) is 0.391. The normalized spacial score (nSPS) is 16.2. The largest absolute Gasteiger partial charge is 0.497 e. The van der Waals surface area contributed by atoms with Crippen LogP contribution in [0.1, 0.15) is 12.8 Å². The molecule has 0 aliphatic carbocycles. The number of hydrogen-bond acceptors (Lipinski definition) is 9. The maximum absolute atomic E-state index is 8.49. The molecule has 4 rings (SSSR count). The van der Waals surface area contributed by atoms with E-state index in [0.717, 1.165) is 59.4 Å². The molecule has 1 aliphatic heterocycles. The van der Waals surface area contributed by atoms with Gasteiger partial charge in [-0.1, -0.05) is 0 Å². The van der Waals surface area contributed by atoms with E-state index in [1.165, 1.54) is 0 Å². The molecular weight excluding hydrogens is 470 g/mol. The second kappa shape index (κ2) is 11.5. The average molecular weight is 496 g/mol. The molecule has 34 heavy (non-hydrogen) atoms. The number of hydrogen-bond donors (Lipinski definition) is 1. The van der Waals surface area contributed by atoms with Gasteiger partial charge in [0.25, 0.3) is 0 Å². The molecule has 3 aromatic rings. The van der Waals surface area contributed by atoms with Crippen LogP contribution in [0.25, 0.3) is 22.3 Å². The van der Waals surface area contributed by atoms with Crippen LogP contribution in [0, 0.1) is 10.2 Å². The Morgan fingerprint density at radius 2 is 1.68 bits per heavy atom. The van der Waals surface area contributed by atoms with Crippen molar-refractivity contribution in [3.63, 3.8) is 0 Å². The first kappa shape index (κ1) is 25.8. The van der Waals surface area contributed by atoms with E-state index >= 15 is 0 Å². The molecule has 10 nitrogen and oxygen atoms in total. The van der Waals surface area contributed by atoms with Crippen molar-refractivity contribution in [3.8, 4) is 28.6 Å². The fourth-order valence-corrected chi connectivity index (χ4v) is 3.60. The Hall–Kier alpha value is -2.86. The maximum atomic E-state index is 8.49. The van der Waals surface area contributed by atoms with Gasteiger partial charge in [-0.3, -0.25) is 0 Å². The van der Waals surface area contributed by atoms with Gasteiger partial charge in [-0.2, -0.15) is 0 Å². The topological polar surface area (TPSA) is 156 Å². The van der Waals surface area contributed by atoms with E-state index < -0.39 is 10.2 Å². The Labute approximate surface area is 198 Å². The van der Waals surface area contributed by atoms with E-state index in [0.29, 0.717) is 11.5 Å². The summed E-state index contributed by atoms with van der Waals surface area (Å²) in [6.07, 6.45) is 2.42. The summed E-state index contributed by atoms with van der Waals surface area (Å²) in [4.78, 5) is 3.55. The molecule has 1 atom stereocenters. The summed E-state index contributed by atoms with van der Waals surface area (Å²) >= 11 is 0. The first-order valence-corrected chi connectivity index (χ1v) is 11.6. The lowest BCUT2D eigenvalue weighted by molar-refractivity contribution is -2.00. The highest BCUT2D eigenvalue weighted by Gasteiger charge is 2.18. The molecule has 0 amide bonds. The van der Waals surface area contributed by atoms with Crippen LogP contribution >= 0.6 is 0 Å². The van der Waals surface area contributed by atoms with E-state index in [2.05, 4.69) is 4.99 Å². The van der Waals surface area contributed by atoms with Crippen molar-refractivity contribution in [1.29, 1.82) is 0 Å². The van der Waals surface area contributed by atoms with Crippen LogP contribution in [-0.4, -0.2) is 40.6 Å². The highest BCUT2D eigenvalue weighted by Crippen LogP contribution is 2.33. The van der Waals surface area contributed by atoms with Crippen molar-refractivity contribution in [2.45, 2.75) is 18.9 Å². The predicted molar refractivity (Wildman–Crippen MR) is 109 cm³/mol. The highest BCUT2D eigenvalue weighted by molar-refractivity contribution is 5.79. The van der Waals surface area contributed by atoms with Gasteiger partial charge in [-0.15, -0.1) is 10.2 Å². The Morgan fingerprint density at radius 1 is 0.941 bits per heavy atom. The van der Waals surface area contributed by atoms with Crippen molar-refractivity contribution in [2.24, 2.45) is 0 Å². The van der Waals surface area contributed by atoms with Crippen LogP contribution in [0.3, 0.4) is 0 Å². The first-order chi connectivity index (χ1) is 16.2. The summed E-state index contributed by atoms with van der Waals surface area (Å²) in [5, 5.41) is 1.94. The zero-order valence-electron chi connectivity index (χ0n) is 19.0. The Bertz CT molecular complexity index is 1160. The molecule has 184 valence electrons. The van der Waals surface area contributed by atoms with Gasteiger partial charge in [0, 0.05) is 12.2 Å². The first-order valence-electron chi connectivity index (χ1n) is 10.4. The minimum atomic E-state index is -4.94. The summed E-state index contributed by atoms with van der Waals surface area (Å²) in [6.45, 7) is 1.59. The molecule has 1 unspecified atom stereocenters. The van der Waals surface area contributed by atoms with Gasteiger partial charge < -0.3 is 23.4 Å². The molecule has 2 heterocycles. The molecule has 1 saturated heterocycles. The van der Waals surface area contributed by atoms with Crippen molar-refractivity contribution < 1.29 is 57.2 Å². The van der Waals surface area contributed by atoms with E-state index in [4.69, 9.17) is 42.0 Å². The zero-order valence-corrected chi connectivity index (χ0v) is 19.8. The Balaban J connectivity index is 0.000000588. The number of rotatable bonds is 6. The highest BCUT2D eigenvalue weighted by atomic mass is 35.7. The molecule has 1 fully saturated rings. The van der Waals surface area contributed by atoms with E-state index in [-0.39, 0.29) is 6.10 Å². The molecule has 0 radical (unpaired) electrons. The molecule has 2 aromatic carbocycles. The number of fused-ring (bicyclic) bond motifs is 1. The van der Waals surface area contributed by atoms with Gasteiger partial charge in [0.1, 0.15) is 23.2 Å². The van der Waals surface area contributed by atoms with Crippen molar-refractivity contribution in [1.82, 2.24) is 0 Å². The second-order valence-electron chi connectivity index (χ2n) is 7.35. The van der Waals surface area contributed by atoms with Gasteiger partial charge in [0.2, 0.25) is 5.36 Å². The van der Waals surface area contributed by atoms with Crippen molar-refractivity contribution in [3.05, 3.63) is 47.8 Å². The molecule has 1 aliphatic rings. The minimum Gasteiger partial charge on any atom is -0.497 e. The maximum Gasteiger partial charge on any atom is 0.213 e.